The van der Waals surface area contributed by atoms with Gasteiger partial charge in [0.2, 0.25) is 5.91 Å². The molecule has 0 bridgehead atoms. The van der Waals surface area contributed by atoms with Gasteiger partial charge in [-0.05, 0) is 41.8 Å². The number of amides is 1. The Hall–Kier alpha value is -2.16. The minimum absolute atomic E-state index is 0.146. The molecule has 1 aromatic heterocycles. The number of halogens is 1. The molecule has 0 saturated heterocycles. The molecule has 1 heterocycles. The summed E-state index contributed by atoms with van der Waals surface area (Å²) in [5.41, 5.74) is 2.42. The van der Waals surface area contributed by atoms with Crippen LogP contribution in [0.2, 0.25) is 0 Å². The summed E-state index contributed by atoms with van der Waals surface area (Å²) in [7, 11) is 1.58. The van der Waals surface area contributed by atoms with Crippen LogP contribution >= 0.6 is 27.7 Å². The second kappa shape index (κ2) is 10.2. The van der Waals surface area contributed by atoms with Crippen LogP contribution in [0.15, 0.2) is 56.9 Å². The van der Waals surface area contributed by atoms with E-state index in [1.54, 1.807) is 23.8 Å². The molecule has 3 rings (SSSR count). The van der Waals surface area contributed by atoms with Crippen LogP contribution in [0.4, 0.5) is 5.69 Å². The average molecular weight is 490 g/mol. The topological polar surface area (TPSA) is 73.2 Å². The van der Waals surface area contributed by atoms with Crippen molar-refractivity contribution < 1.29 is 9.53 Å². The Bertz CT molecular complexity index is 1100. The maximum atomic E-state index is 13.0. The molecular weight excluding hydrogens is 466 g/mol. The lowest BCUT2D eigenvalue weighted by Crippen LogP contribution is -2.26. The number of hydrogen-bond acceptors (Lipinski definition) is 5. The largest absolute Gasteiger partial charge is 0.383 e. The fraction of sp³-hybridized carbons (Fsp3) is 0.318. The van der Waals surface area contributed by atoms with Crippen molar-refractivity contribution in [1.82, 2.24) is 9.55 Å². The van der Waals surface area contributed by atoms with Crippen LogP contribution < -0.4 is 10.9 Å². The highest BCUT2D eigenvalue weighted by Crippen LogP contribution is 2.21. The van der Waals surface area contributed by atoms with Gasteiger partial charge in [-0.3, -0.25) is 14.2 Å². The highest BCUT2D eigenvalue weighted by Gasteiger charge is 2.14. The van der Waals surface area contributed by atoms with E-state index in [0.29, 0.717) is 35.1 Å². The zero-order valence-corrected chi connectivity index (χ0v) is 19.5. The summed E-state index contributed by atoms with van der Waals surface area (Å²) in [4.78, 5) is 30.0. The number of carbonyl (C=O) groups excluding carboxylic acids is 1. The van der Waals surface area contributed by atoms with Crippen LogP contribution in [-0.2, 0) is 16.1 Å². The van der Waals surface area contributed by atoms with E-state index < -0.39 is 0 Å². The third-order valence-corrected chi connectivity index (χ3v) is 6.06. The second-order valence-electron chi connectivity index (χ2n) is 7.12. The van der Waals surface area contributed by atoms with Crippen LogP contribution in [0.3, 0.4) is 0 Å². The number of benzene rings is 2. The van der Waals surface area contributed by atoms with Gasteiger partial charge in [-0.15, -0.1) is 0 Å². The van der Waals surface area contributed by atoms with Crippen molar-refractivity contribution in [2.45, 2.75) is 31.5 Å². The Morgan fingerprint density at radius 3 is 2.63 bits per heavy atom. The maximum absolute atomic E-state index is 13.0. The summed E-state index contributed by atoms with van der Waals surface area (Å²) >= 11 is 4.64. The molecule has 0 aliphatic heterocycles. The molecule has 6 nitrogen and oxygen atoms in total. The predicted molar refractivity (Wildman–Crippen MR) is 125 cm³/mol. The number of aromatic nitrogens is 2. The summed E-state index contributed by atoms with van der Waals surface area (Å²) in [6.07, 6.45) is 0. The van der Waals surface area contributed by atoms with Crippen molar-refractivity contribution in [2.75, 3.05) is 24.8 Å². The lowest BCUT2D eigenvalue weighted by atomic mass is 10.0. The molecule has 158 valence electrons. The number of methoxy groups -OCH3 is 1. The maximum Gasteiger partial charge on any atom is 0.262 e. The summed E-state index contributed by atoms with van der Waals surface area (Å²) in [6, 6.07) is 13.2. The molecule has 0 spiro atoms. The van der Waals surface area contributed by atoms with E-state index in [4.69, 9.17) is 4.74 Å². The van der Waals surface area contributed by atoms with E-state index >= 15 is 0 Å². The molecular formula is C22H24BrN3O3S. The van der Waals surface area contributed by atoms with Gasteiger partial charge in [0.05, 0.1) is 29.8 Å². The highest BCUT2D eigenvalue weighted by molar-refractivity contribution is 9.10. The summed E-state index contributed by atoms with van der Waals surface area (Å²) < 4.78 is 7.52. The van der Waals surface area contributed by atoms with Crippen molar-refractivity contribution >= 4 is 50.2 Å². The lowest BCUT2D eigenvalue weighted by Gasteiger charge is -2.13. The molecule has 0 radical (unpaired) electrons. The van der Waals surface area contributed by atoms with Crippen LogP contribution in [0.5, 0.6) is 0 Å². The van der Waals surface area contributed by atoms with Gasteiger partial charge < -0.3 is 10.1 Å². The van der Waals surface area contributed by atoms with E-state index in [-0.39, 0.29) is 17.2 Å². The molecule has 1 N–H and O–H groups in total. The predicted octanol–water partition coefficient (Wildman–Crippen LogP) is 4.66. The monoisotopic (exact) mass is 489 g/mol. The molecule has 0 aliphatic rings. The first-order chi connectivity index (χ1) is 14.4. The molecule has 30 heavy (non-hydrogen) atoms. The normalized spacial score (nSPS) is 11.2. The van der Waals surface area contributed by atoms with Crippen LogP contribution in [0.25, 0.3) is 10.9 Å². The van der Waals surface area contributed by atoms with E-state index in [9.17, 15) is 9.59 Å². The third-order valence-electron chi connectivity index (χ3n) is 4.59. The van der Waals surface area contributed by atoms with Crippen molar-refractivity contribution in [3.05, 3.63) is 62.9 Å². The molecule has 0 atom stereocenters. The average Bonchev–Trinajstić information content (AvgIpc) is 2.72. The number of ether oxygens (including phenoxy) is 1. The summed E-state index contributed by atoms with van der Waals surface area (Å²) in [6.45, 7) is 5.00. The fourth-order valence-electron chi connectivity index (χ4n) is 2.94. The molecule has 0 saturated carbocycles. The van der Waals surface area contributed by atoms with Crippen LogP contribution in [-0.4, -0.2) is 34.9 Å². The van der Waals surface area contributed by atoms with Gasteiger partial charge in [0.25, 0.3) is 5.56 Å². The number of thioether (sulfide) groups is 1. The van der Waals surface area contributed by atoms with E-state index in [2.05, 4.69) is 40.1 Å². The first-order valence-corrected chi connectivity index (χ1v) is 11.4. The Balaban J connectivity index is 1.77. The van der Waals surface area contributed by atoms with E-state index in [1.165, 1.54) is 17.3 Å². The summed E-state index contributed by atoms with van der Waals surface area (Å²) in [5.74, 6) is 0.433. The molecule has 0 aliphatic carbocycles. The first kappa shape index (κ1) is 22.5. The number of anilines is 1. The smallest absolute Gasteiger partial charge is 0.262 e. The standard InChI is InChI=1S/C22H24BrN3O3S/c1-14(2)15-4-7-17(8-5-15)24-20(27)13-30-22-25-19-9-6-16(23)12-18(19)21(28)26(22)10-11-29-3/h4-9,12,14H,10-11,13H2,1-3H3,(H,24,27). The molecule has 3 aromatic rings. The van der Waals surface area contributed by atoms with Gasteiger partial charge in [-0.1, -0.05) is 53.7 Å². The van der Waals surface area contributed by atoms with Crippen molar-refractivity contribution in [2.24, 2.45) is 0 Å². The molecule has 1 amide bonds. The zero-order valence-electron chi connectivity index (χ0n) is 17.1. The molecule has 0 fully saturated rings. The number of rotatable bonds is 8. The number of nitrogens with zero attached hydrogens (tertiary/aromatic N) is 2. The minimum atomic E-state index is -0.152. The molecule has 2 aromatic carbocycles. The Labute approximate surface area is 188 Å². The van der Waals surface area contributed by atoms with Crippen molar-refractivity contribution in [3.8, 4) is 0 Å². The van der Waals surface area contributed by atoms with E-state index in [1.807, 2.05) is 30.3 Å². The lowest BCUT2D eigenvalue weighted by molar-refractivity contribution is -0.113. The van der Waals surface area contributed by atoms with Gasteiger partial charge in [-0.25, -0.2) is 4.98 Å². The van der Waals surface area contributed by atoms with Gasteiger partial charge in [-0.2, -0.15) is 0 Å². The van der Waals surface area contributed by atoms with Gasteiger partial charge in [0.1, 0.15) is 0 Å². The number of fused-ring (bicyclic) bond motifs is 1. The summed E-state index contributed by atoms with van der Waals surface area (Å²) in [5, 5.41) is 3.92. The number of nitrogens with one attached hydrogen (secondary N) is 1. The Morgan fingerprint density at radius 1 is 1.23 bits per heavy atom. The minimum Gasteiger partial charge on any atom is -0.383 e. The van der Waals surface area contributed by atoms with Crippen LogP contribution in [0.1, 0.15) is 25.3 Å². The number of carbonyl (C=O) groups is 1. The zero-order chi connectivity index (χ0) is 21.7. The molecule has 8 heteroatoms. The quantitative estimate of drug-likeness (QED) is 0.367. The first-order valence-electron chi connectivity index (χ1n) is 9.60. The van der Waals surface area contributed by atoms with Crippen molar-refractivity contribution in [3.63, 3.8) is 0 Å². The van der Waals surface area contributed by atoms with Crippen LogP contribution in [0, 0.1) is 0 Å². The Kier molecular flexibility index (Phi) is 7.69. The van der Waals surface area contributed by atoms with E-state index in [0.717, 1.165) is 10.2 Å². The Morgan fingerprint density at radius 2 is 1.97 bits per heavy atom. The highest BCUT2D eigenvalue weighted by atomic mass is 79.9. The second-order valence-corrected chi connectivity index (χ2v) is 8.98. The SMILES string of the molecule is COCCn1c(SCC(=O)Nc2ccc(C(C)C)cc2)nc2ccc(Br)cc2c1=O. The fourth-order valence-corrected chi connectivity index (χ4v) is 4.13. The van der Waals surface area contributed by atoms with Gasteiger partial charge in [0.15, 0.2) is 5.16 Å². The van der Waals surface area contributed by atoms with Crippen molar-refractivity contribution in [1.29, 1.82) is 0 Å². The molecule has 0 unspecified atom stereocenters. The third kappa shape index (κ3) is 5.50. The van der Waals surface area contributed by atoms with Gasteiger partial charge in [0, 0.05) is 17.3 Å². The number of hydrogen-bond donors (Lipinski definition) is 1. The van der Waals surface area contributed by atoms with Gasteiger partial charge >= 0.3 is 0 Å².